The average Bonchev–Trinajstić information content (AvgIpc) is 2.82. The largest absolute Gasteiger partial charge is 0.444 e. The Balaban J connectivity index is 1.73. The minimum absolute atomic E-state index is 0.127. The third kappa shape index (κ3) is 4.25. The molecule has 3 heterocycles. The molecule has 2 bridgehead atoms. The molecule has 0 saturated carbocycles. The van der Waals surface area contributed by atoms with Gasteiger partial charge in [0.25, 0.3) is 0 Å². The molecule has 1 aromatic heterocycles. The lowest BCUT2D eigenvalue weighted by Gasteiger charge is -2.39. The van der Waals surface area contributed by atoms with E-state index in [9.17, 15) is 22.8 Å². The molecule has 0 spiro atoms. The van der Waals surface area contributed by atoms with E-state index in [1.54, 1.807) is 25.7 Å². The number of ether oxygens (including phenoxy) is 1. The lowest BCUT2D eigenvalue weighted by molar-refractivity contribution is -0.137. The van der Waals surface area contributed by atoms with Crippen LogP contribution < -0.4 is 0 Å². The molecular weight excluding hydrogens is 361 g/mol. The number of halogens is 3. The van der Waals surface area contributed by atoms with Gasteiger partial charge in [-0.25, -0.2) is 4.79 Å². The number of pyridine rings is 1. The van der Waals surface area contributed by atoms with Crippen LogP contribution in [0.3, 0.4) is 0 Å². The number of amides is 1. The maximum Gasteiger partial charge on any atom is 0.416 e. The van der Waals surface area contributed by atoms with E-state index in [2.05, 4.69) is 4.98 Å². The first-order valence-electron chi connectivity index (χ1n) is 9.04. The van der Waals surface area contributed by atoms with Gasteiger partial charge in [0.2, 0.25) is 0 Å². The van der Waals surface area contributed by atoms with Gasteiger partial charge in [-0.2, -0.15) is 13.2 Å². The van der Waals surface area contributed by atoms with Crippen LogP contribution in [0.25, 0.3) is 0 Å². The van der Waals surface area contributed by atoms with Crippen molar-refractivity contribution < 1.29 is 27.5 Å². The van der Waals surface area contributed by atoms with Crippen molar-refractivity contribution in [3.05, 3.63) is 29.6 Å². The standard InChI is InChI=1S/C19H23F3N2O3/c1-18(2,3)27-17(26)24-13-4-5-14(24)9-11(8-13)16(25)15-10-12(6-7-23-15)19(20,21)22/h6-7,10-11,13-14H,4-5,8-9H2,1-3H3. The van der Waals surface area contributed by atoms with Gasteiger partial charge in [-0.15, -0.1) is 0 Å². The second kappa shape index (κ2) is 6.80. The van der Waals surface area contributed by atoms with Crippen LogP contribution in [0.15, 0.2) is 18.3 Å². The number of carbonyl (C=O) groups is 2. The summed E-state index contributed by atoms with van der Waals surface area (Å²) in [5.41, 5.74) is -1.65. The highest BCUT2D eigenvalue weighted by atomic mass is 19.4. The highest BCUT2D eigenvalue weighted by Crippen LogP contribution is 2.41. The minimum atomic E-state index is -4.52. The van der Waals surface area contributed by atoms with Crippen molar-refractivity contribution in [1.29, 1.82) is 0 Å². The molecule has 0 aromatic carbocycles. The monoisotopic (exact) mass is 384 g/mol. The second-order valence-corrected chi connectivity index (χ2v) is 8.23. The number of fused-ring (bicyclic) bond motifs is 2. The number of rotatable bonds is 2. The Morgan fingerprint density at radius 1 is 1.15 bits per heavy atom. The fourth-order valence-electron chi connectivity index (χ4n) is 3.95. The number of hydrogen-bond acceptors (Lipinski definition) is 4. The van der Waals surface area contributed by atoms with Crippen LogP contribution in [0, 0.1) is 5.92 Å². The zero-order chi connectivity index (χ0) is 20.0. The molecule has 2 unspecified atom stereocenters. The number of hydrogen-bond donors (Lipinski definition) is 0. The summed E-state index contributed by atoms with van der Waals surface area (Å²) in [5, 5.41) is 0. The van der Waals surface area contributed by atoms with Gasteiger partial charge < -0.3 is 9.64 Å². The number of ketones is 1. The Hall–Kier alpha value is -2.12. The van der Waals surface area contributed by atoms with Crippen molar-refractivity contribution in [1.82, 2.24) is 9.88 Å². The van der Waals surface area contributed by atoms with Gasteiger partial charge in [-0.3, -0.25) is 9.78 Å². The van der Waals surface area contributed by atoms with Crippen molar-refractivity contribution in [2.75, 3.05) is 0 Å². The maximum absolute atomic E-state index is 12.9. The summed E-state index contributed by atoms with van der Waals surface area (Å²) in [7, 11) is 0. The average molecular weight is 384 g/mol. The predicted molar refractivity (Wildman–Crippen MR) is 91.2 cm³/mol. The molecule has 0 aliphatic carbocycles. The van der Waals surface area contributed by atoms with Crippen molar-refractivity contribution in [2.24, 2.45) is 5.92 Å². The van der Waals surface area contributed by atoms with E-state index in [0.29, 0.717) is 12.8 Å². The zero-order valence-electron chi connectivity index (χ0n) is 15.5. The fourth-order valence-corrected chi connectivity index (χ4v) is 3.95. The Labute approximate surface area is 155 Å². The van der Waals surface area contributed by atoms with E-state index in [1.807, 2.05) is 0 Å². The van der Waals surface area contributed by atoms with Gasteiger partial charge in [-0.1, -0.05) is 0 Å². The highest BCUT2D eigenvalue weighted by Gasteiger charge is 2.47. The number of aromatic nitrogens is 1. The van der Waals surface area contributed by atoms with Crippen LogP contribution in [-0.4, -0.2) is 39.4 Å². The summed E-state index contributed by atoms with van der Waals surface area (Å²) in [6.07, 6.45) is -1.51. The molecule has 5 nitrogen and oxygen atoms in total. The van der Waals surface area contributed by atoms with Crippen LogP contribution >= 0.6 is 0 Å². The van der Waals surface area contributed by atoms with E-state index in [0.717, 1.165) is 31.2 Å². The molecule has 8 heteroatoms. The van der Waals surface area contributed by atoms with Crippen molar-refractivity contribution in [3.63, 3.8) is 0 Å². The number of alkyl halides is 3. The van der Waals surface area contributed by atoms with Crippen LogP contribution in [0.2, 0.25) is 0 Å². The Morgan fingerprint density at radius 2 is 1.74 bits per heavy atom. The van der Waals surface area contributed by atoms with E-state index in [1.165, 1.54) is 0 Å². The highest BCUT2D eigenvalue weighted by molar-refractivity contribution is 5.96. The second-order valence-electron chi connectivity index (χ2n) is 8.23. The summed E-state index contributed by atoms with van der Waals surface area (Å²) < 4.78 is 44.1. The SMILES string of the molecule is CC(C)(C)OC(=O)N1C2CCC1CC(C(=O)c1cc(C(F)(F)F)ccn1)C2. The molecule has 2 fully saturated rings. The fraction of sp³-hybridized carbons (Fsp3) is 0.632. The van der Waals surface area contributed by atoms with Crippen LogP contribution in [0.5, 0.6) is 0 Å². The van der Waals surface area contributed by atoms with Crippen molar-refractivity contribution in [3.8, 4) is 0 Å². The quantitative estimate of drug-likeness (QED) is 0.707. The molecule has 1 aromatic rings. The molecule has 3 rings (SSSR count). The van der Waals surface area contributed by atoms with Gasteiger partial charge in [-0.05, 0) is 58.6 Å². The third-order valence-electron chi connectivity index (χ3n) is 5.05. The smallest absolute Gasteiger partial charge is 0.416 e. The molecule has 0 radical (unpaired) electrons. The predicted octanol–water partition coefficient (Wildman–Crippen LogP) is 4.46. The van der Waals surface area contributed by atoms with Crippen molar-refractivity contribution in [2.45, 2.75) is 70.3 Å². The van der Waals surface area contributed by atoms with Gasteiger partial charge in [0.05, 0.1) is 5.56 Å². The molecule has 1 amide bonds. The molecule has 2 aliphatic rings. The number of carbonyl (C=O) groups excluding carboxylic acids is 2. The Bertz CT molecular complexity index is 728. The Kier molecular flexibility index (Phi) is 4.94. The summed E-state index contributed by atoms with van der Waals surface area (Å²) in [5.74, 6) is -0.820. The van der Waals surface area contributed by atoms with E-state index >= 15 is 0 Å². The summed E-state index contributed by atoms with van der Waals surface area (Å²) in [6, 6.07) is 1.41. The molecule has 148 valence electrons. The normalized spacial score (nSPS) is 25.4. The molecule has 2 saturated heterocycles. The lowest BCUT2D eigenvalue weighted by atomic mass is 9.86. The topological polar surface area (TPSA) is 59.5 Å². The van der Waals surface area contributed by atoms with E-state index in [-0.39, 0.29) is 23.6 Å². The van der Waals surface area contributed by atoms with Crippen LogP contribution in [0.4, 0.5) is 18.0 Å². The number of piperidine rings is 1. The van der Waals surface area contributed by atoms with Crippen molar-refractivity contribution >= 4 is 11.9 Å². The first-order chi connectivity index (χ1) is 12.5. The molecule has 27 heavy (non-hydrogen) atoms. The van der Waals surface area contributed by atoms with E-state index < -0.39 is 29.4 Å². The first kappa shape index (κ1) is 19.6. The molecular formula is C19H23F3N2O3. The Morgan fingerprint density at radius 3 is 2.26 bits per heavy atom. The third-order valence-corrected chi connectivity index (χ3v) is 5.05. The van der Waals surface area contributed by atoms with Gasteiger partial charge in [0, 0.05) is 24.2 Å². The molecule has 2 atom stereocenters. The van der Waals surface area contributed by atoms with E-state index in [4.69, 9.17) is 4.74 Å². The maximum atomic E-state index is 12.9. The summed E-state index contributed by atoms with van der Waals surface area (Å²) in [4.78, 5) is 30.7. The summed E-state index contributed by atoms with van der Waals surface area (Å²) in [6.45, 7) is 5.38. The molecule has 2 aliphatic heterocycles. The van der Waals surface area contributed by atoms with Crippen LogP contribution in [0.1, 0.15) is 62.5 Å². The first-order valence-corrected chi connectivity index (χ1v) is 9.04. The lowest BCUT2D eigenvalue weighted by Crippen LogP contribution is -2.49. The van der Waals surface area contributed by atoms with Gasteiger partial charge >= 0.3 is 12.3 Å². The minimum Gasteiger partial charge on any atom is -0.444 e. The number of nitrogens with zero attached hydrogens (tertiary/aromatic N) is 2. The van der Waals surface area contributed by atoms with Crippen LogP contribution in [-0.2, 0) is 10.9 Å². The van der Waals surface area contributed by atoms with Gasteiger partial charge in [0.15, 0.2) is 5.78 Å². The number of Topliss-reactive ketones (excluding diaryl/α,β-unsaturated/α-hetero) is 1. The van der Waals surface area contributed by atoms with Gasteiger partial charge in [0.1, 0.15) is 11.3 Å². The molecule has 0 N–H and O–H groups in total. The summed E-state index contributed by atoms with van der Waals surface area (Å²) >= 11 is 0. The zero-order valence-corrected chi connectivity index (χ0v) is 15.5.